The number of benzene rings is 2. The van der Waals surface area contributed by atoms with Gasteiger partial charge in [0.25, 0.3) is 0 Å². The predicted molar refractivity (Wildman–Crippen MR) is 144 cm³/mol. The van der Waals surface area contributed by atoms with E-state index in [2.05, 4.69) is 49.9 Å². The highest BCUT2D eigenvalue weighted by molar-refractivity contribution is 7.17. The number of anilines is 1. The lowest BCUT2D eigenvalue weighted by Crippen LogP contribution is -2.37. The Morgan fingerprint density at radius 1 is 1.14 bits per heavy atom. The van der Waals surface area contributed by atoms with E-state index in [4.69, 9.17) is 7.85 Å². The van der Waals surface area contributed by atoms with Crippen LogP contribution in [-0.2, 0) is 6.54 Å². The lowest BCUT2D eigenvalue weighted by Gasteiger charge is -2.33. The van der Waals surface area contributed by atoms with Crippen LogP contribution >= 0.6 is 11.3 Å². The summed E-state index contributed by atoms with van der Waals surface area (Å²) in [6.07, 6.45) is 4.00. The highest BCUT2D eigenvalue weighted by atomic mass is 32.1. The average molecular weight is 479 g/mol. The first-order valence-electron chi connectivity index (χ1n) is 12.0. The van der Waals surface area contributed by atoms with Gasteiger partial charge in [-0.1, -0.05) is 30.3 Å². The lowest BCUT2D eigenvalue weighted by atomic mass is 9.97. The molecule has 6 nitrogen and oxygen atoms in total. The highest BCUT2D eigenvalue weighted by Crippen LogP contribution is 2.30. The minimum absolute atomic E-state index is 0.192. The van der Waals surface area contributed by atoms with E-state index in [-0.39, 0.29) is 5.75 Å². The summed E-state index contributed by atoms with van der Waals surface area (Å²) >= 11 is 1.83. The standard InChI is InChI=1S/C27H26BN5OS/c28-22-14-30-33-26(12-23(31-27(22)33)21-8-1-3-9-24(21)34)29-13-18-6-5-11-32(15-18)16-19-17-35-25-10-4-2-7-20(19)25/h1-4,7-10,12,14,17-18,29,34H,5-6,11,13,15-16H2. The summed E-state index contributed by atoms with van der Waals surface area (Å²) in [5, 5.41) is 22.1. The number of piperidine rings is 1. The van der Waals surface area contributed by atoms with Crippen molar-refractivity contribution in [2.45, 2.75) is 19.4 Å². The van der Waals surface area contributed by atoms with Gasteiger partial charge in [-0.15, -0.1) is 11.3 Å². The Morgan fingerprint density at radius 3 is 2.91 bits per heavy atom. The molecule has 0 amide bonds. The molecule has 6 rings (SSSR count). The van der Waals surface area contributed by atoms with Gasteiger partial charge in [-0.3, -0.25) is 4.90 Å². The van der Waals surface area contributed by atoms with Crippen molar-refractivity contribution < 1.29 is 5.11 Å². The van der Waals surface area contributed by atoms with Crippen molar-refractivity contribution in [1.82, 2.24) is 19.5 Å². The van der Waals surface area contributed by atoms with Gasteiger partial charge in [-0.05, 0) is 65.3 Å². The summed E-state index contributed by atoms with van der Waals surface area (Å²) in [5.74, 6) is 1.54. The molecule has 174 valence electrons. The number of hydrogen-bond donors (Lipinski definition) is 2. The van der Waals surface area contributed by atoms with Gasteiger partial charge in [-0.2, -0.15) is 9.61 Å². The maximum atomic E-state index is 10.4. The lowest BCUT2D eigenvalue weighted by molar-refractivity contribution is 0.174. The van der Waals surface area contributed by atoms with Crippen molar-refractivity contribution in [3.05, 3.63) is 71.7 Å². The number of para-hydroxylation sites is 1. The normalized spacial score (nSPS) is 16.7. The molecule has 8 heteroatoms. The molecule has 0 saturated carbocycles. The minimum Gasteiger partial charge on any atom is -0.507 e. The van der Waals surface area contributed by atoms with Gasteiger partial charge in [0.1, 0.15) is 19.4 Å². The zero-order valence-corrected chi connectivity index (χ0v) is 20.2. The van der Waals surface area contributed by atoms with Gasteiger partial charge in [-0.25, -0.2) is 4.98 Å². The maximum absolute atomic E-state index is 10.4. The van der Waals surface area contributed by atoms with E-state index >= 15 is 0 Å². The number of aromatic hydroxyl groups is 1. The Balaban J connectivity index is 1.20. The van der Waals surface area contributed by atoms with Crippen molar-refractivity contribution in [2.75, 3.05) is 25.0 Å². The fourth-order valence-corrected chi connectivity index (χ4v) is 5.99. The second-order valence-electron chi connectivity index (χ2n) is 9.26. The molecule has 4 heterocycles. The fourth-order valence-electron chi connectivity index (χ4n) is 5.04. The summed E-state index contributed by atoms with van der Waals surface area (Å²) in [6, 6.07) is 17.8. The minimum atomic E-state index is 0.192. The van der Waals surface area contributed by atoms with E-state index in [1.54, 1.807) is 22.8 Å². The number of fused-ring (bicyclic) bond motifs is 2. The molecule has 1 fully saturated rings. The van der Waals surface area contributed by atoms with Crippen LogP contribution in [0.25, 0.3) is 27.0 Å². The second kappa shape index (κ2) is 9.36. The molecule has 1 saturated heterocycles. The molecular formula is C27H26BN5OS. The Kier molecular flexibility index (Phi) is 5.92. The van der Waals surface area contributed by atoms with Crippen LogP contribution in [0.5, 0.6) is 5.75 Å². The Morgan fingerprint density at radius 2 is 2.00 bits per heavy atom. The summed E-state index contributed by atoms with van der Waals surface area (Å²) in [6.45, 7) is 4.01. The molecule has 2 radical (unpaired) electrons. The van der Waals surface area contributed by atoms with Crippen LogP contribution in [0.15, 0.2) is 66.2 Å². The molecule has 35 heavy (non-hydrogen) atoms. The molecule has 1 aliphatic rings. The predicted octanol–water partition coefficient (Wildman–Crippen LogP) is 4.43. The van der Waals surface area contributed by atoms with E-state index in [1.807, 2.05) is 29.5 Å². The molecule has 1 atom stereocenters. The topological polar surface area (TPSA) is 65.7 Å². The van der Waals surface area contributed by atoms with Crippen molar-refractivity contribution >= 4 is 46.2 Å². The molecule has 2 N–H and O–H groups in total. The van der Waals surface area contributed by atoms with Gasteiger partial charge in [0.05, 0.1) is 5.69 Å². The number of rotatable bonds is 6. The third-order valence-electron chi connectivity index (χ3n) is 6.81. The average Bonchev–Trinajstić information content (AvgIpc) is 3.47. The van der Waals surface area contributed by atoms with Gasteiger partial charge < -0.3 is 10.4 Å². The molecule has 0 spiro atoms. The van der Waals surface area contributed by atoms with E-state index in [1.165, 1.54) is 28.5 Å². The van der Waals surface area contributed by atoms with Crippen LogP contribution in [0.2, 0.25) is 0 Å². The zero-order chi connectivity index (χ0) is 23.8. The third-order valence-corrected chi connectivity index (χ3v) is 7.82. The molecule has 0 aliphatic carbocycles. The van der Waals surface area contributed by atoms with Gasteiger partial charge in [0.15, 0.2) is 5.65 Å². The Labute approximate surface area is 209 Å². The van der Waals surface area contributed by atoms with E-state index < -0.39 is 0 Å². The molecule has 0 bridgehead atoms. The van der Waals surface area contributed by atoms with Crippen molar-refractivity contribution in [3.8, 4) is 17.0 Å². The summed E-state index contributed by atoms with van der Waals surface area (Å²) in [4.78, 5) is 7.24. The van der Waals surface area contributed by atoms with E-state index in [9.17, 15) is 5.11 Å². The van der Waals surface area contributed by atoms with Crippen LogP contribution in [0.1, 0.15) is 18.4 Å². The molecule has 5 aromatic rings. The van der Waals surface area contributed by atoms with Crippen LogP contribution in [0.3, 0.4) is 0 Å². The fraction of sp³-hybridized carbons (Fsp3) is 0.259. The largest absolute Gasteiger partial charge is 0.507 e. The molecule has 2 aromatic carbocycles. The Hall–Kier alpha value is -3.36. The van der Waals surface area contributed by atoms with Gasteiger partial charge in [0.2, 0.25) is 0 Å². The quantitative estimate of drug-likeness (QED) is 0.353. The first-order chi connectivity index (χ1) is 17.2. The van der Waals surface area contributed by atoms with Gasteiger partial charge in [0, 0.05) is 42.2 Å². The first-order valence-corrected chi connectivity index (χ1v) is 12.9. The summed E-state index contributed by atoms with van der Waals surface area (Å²) in [5.41, 5.74) is 3.86. The summed E-state index contributed by atoms with van der Waals surface area (Å²) < 4.78 is 3.11. The van der Waals surface area contributed by atoms with E-state index in [0.717, 1.165) is 32.0 Å². The third kappa shape index (κ3) is 4.39. The number of thiophene rings is 1. The molecule has 3 aromatic heterocycles. The molecular weight excluding hydrogens is 453 g/mol. The first kappa shape index (κ1) is 22.1. The number of nitrogens with one attached hydrogen (secondary N) is 1. The highest BCUT2D eigenvalue weighted by Gasteiger charge is 2.21. The van der Waals surface area contributed by atoms with Crippen LogP contribution < -0.4 is 10.8 Å². The smallest absolute Gasteiger partial charge is 0.150 e. The Bertz CT molecular complexity index is 1500. The van der Waals surface area contributed by atoms with E-state index in [0.29, 0.717) is 28.3 Å². The van der Waals surface area contributed by atoms with Crippen molar-refractivity contribution in [3.63, 3.8) is 0 Å². The SMILES string of the molecule is [B]c1cnn2c(NCC3CCCN(Cc4csc5ccccc45)C3)cc(-c3ccccc3O)nc12. The number of phenolic OH excluding ortho intramolecular Hbond substituents is 1. The zero-order valence-electron chi connectivity index (χ0n) is 19.4. The van der Waals surface area contributed by atoms with Crippen molar-refractivity contribution in [2.24, 2.45) is 5.92 Å². The number of aromatic nitrogens is 3. The second-order valence-corrected chi connectivity index (χ2v) is 10.2. The van der Waals surface area contributed by atoms with Crippen LogP contribution in [-0.4, -0.2) is 52.1 Å². The number of nitrogens with zero attached hydrogens (tertiary/aromatic N) is 4. The van der Waals surface area contributed by atoms with Crippen molar-refractivity contribution in [1.29, 1.82) is 0 Å². The number of likely N-dealkylation sites (tertiary alicyclic amines) is 1. The van der Waals surface area contributed by atoms with Gasteiger partial charge >= 0.3 is 0 Å². The number of hydrogen-bond acceptors (Lipinski definition) is 6. The summed E-state index contributed by atoms with van der Waals surface area (Å²) in [7, 11) is 6.15. The molecule has 1 unspecified atom stereocenters. The molecule has 1 aliphatic heterocycles. The van der Waals surface area contributed by atoms with Crippen LogP contribution in [0, 0.1) is 5.92 Å². The van der Waals surface area contributed by atoms with Crippen LogP contribution in [0.4, 0.5) is 5.82 Å². The monoisotopic (exact) mass is 479 g/mol. The number of phenols is 1. The maximum Gasteiger partial charge on any atom is 0.150 e.